The summed E-state index contributed by atoms with van der Waals surface area (Å²) in [7, 11) is 0. The number of fused-ring (bicyclic) bond motifs is 1. The van der Waals surface area contributed by atoms with Gasteiger partial charge < -0.3 is 9.84 Å². The van der Waals surface area contributed by atoms with Crippen molar-refractivity contribution >= 4 is 22.3 Å². The Kier molecular flexibility index (Phi) is 2.60. The number of nitrogens with zero attached hydrogens (tertiary/aromatic N) is 2. The molecule has 0 radical (unpaired) electrons. The van der Waals surface area contributed by atoms with Gasteiger partial charge in [0.1, 0.15) is 0 Å². The number of rotatable bonds is 3. The highest BCUT2D eigenvalue weighted by molar-refractivity contribution is 7.15. The molecular weight excluding hydrogens is 240 g/mol. The molecule has 3 rings (SSSR count). The Labute approximate surface area is 102 Å². The molecule has 5 nitrogen and oxygen atoms in total. The van der Waals surface area contributed by atoms with E-state index in [1.54, 1.807) is 0 Å². The van der Waals surface area contributed by atoms with Gasteiger partial charge >= 0.3 is 5.97 Å². The number of thiazole rings is 1. The van der Waals surface area contributed by atoms with E-state index in [0.29, 0.717) is 5.92 Å². The number of ether oxygens (including phenoxy) is 1. The lowest BCUT2D eigenvalue weighted by Crippen LogP contribution is -2.02. The van der Waals surface area contributed by atoms with E-state index in [-0.39, 0.29) is 6.42 Å². The number of aliphatic carboxylic acids is 1. The van der Waals surface area contributed by atoms with E-state index < -0.39 is 5.97 Å². The van der Waals surface area contributed by atoms with Gasteiger partial charge in [0.15, 0.2) is 4.96 Å². The minimum atomic E-state index is -0.816. The molecule has 0 amide bonds. The molecule has 1 unspecified atom stereocenters. The molecule has 0 bridgehead atoms. The quantitative estimate of drug-likeness (QED) is 0.899. The number of imidazole rings is 1. The standard InChI is InChI=1S/C11H12N2O3S/c14-10(15)3-8-6-17-11-12-9(4-13(8)11)7-1-2-16-5-7/h4,6-7H,1-3,5H2,(H,14,15). The molecule has 1 aliphatic rings. The lowest BCUT2D eigenvalue weighted by molar-refractivity contribution is -0.136. The molecule has 1 atom stereocenters. The maximum Gasteiger partial charge on any atom is 0.309 e. The van der Waals surface area contributed by atoms with Crippen molar-refractivity contribution < 1.29 is 14.6 Å². The van der Waals surface area contributed by atoms with Crippen LogP contribution in [0.15, 0.2) is 11.6 Å². The first-order valence-electron chi connectivity index (χ1n) is 5.49. The summed E-state index contributed by atoms with van der Waals surface area (Å²) in [5, 5.41) is 10.7. The summed E-state index contributed by atoms with van der Waals surface area (Å²) in [6, 6.07) is 0. The van der Waals surface area contributed by atoms with Gasteiger partial charge in [-0.25, -0.2) is 4.98 Å². The summed E-state index contributed by atoms with van der Waals surface area (Å²) in [5.74, 6) is -0.455. The molecule has 90 valence electrons. The van der Waals surface area contributed by atoms with Gasteiger partial charge in [-0.3, -0.25) is 9.20 Å². The third-order valence-corrected chi connectivity index (χ3v) is 3.87. The van der Waals surface area contributed by atoms with Crippen molar-refractivity contribution in [2.45, 2.75) is 18.8 Å². The summed E-state index contributed by atoms with van der Waals surface area (Å²) in [4.78, 5) is 16.1. The van der Waals surface area contributed by atoms with Gasteiger partial charge in [-0.15, -0.1) is 11.3 Å². The number of carbonyl (C=O) groups is 1. The zero-order chi connectivity index (χ0) is 11.8. The topological polar surface area (TPSA) is 63.8 Å². The Morgan fingerprint density at radius 1 is 1.71 bits per heavy atom. The minimum absolute atomic E-state index is 0.0387. The molecule has 0 spiro atoms. The second-order valence-electron chi connectivity index (χ2n) is 4.18. The molecule has 17 heavy (non-hydrogen) atoms. The van der Waals surface area contributed by atoms with Crippen LogP contribution in [0.4, 0.5) is 0 Å². The van der Waals surface area contributed by atoms with Gasteiger partial charge in [-0.2, -0.15) is 0 Å². The van der Waals surface area contributed by atoms with Crippen LogP contribution in [-0.4, -0.2) is 33.7 Å². The highest BCUT2D eigenvalue weighted by Crippen LogP contribution is 2.27. The zero-order valence-electron chi connectivity index (χ0n) is 9.13. The van der Waals surface area contributed by atoms with Crippen molar-refractivity contribution in [3.05, 3.63) is 23.0 Å². The largest absolute Gasteiger partial charge is 0.481 e. The smallest absolute Gasteiger partial charge is 0.309 e. The van der Waals surface area contributed by atoms with E-state index >= 15 is 0 Å². The first-order valence-corrected chi connectivity index (χ1v) is 6.37. The van der Waals surface area contributed by atoms with E-state index in [2.05, 4.69) is 4.98 Å². The first kappa shape index (κ1) is 10.7. The molecule has 0 aromatic carbocycles. The van der Waals surface area contributed by atoms with Crippen LogP contribution in [-0.2, 0) is 16.0 Å². The van der Waals surface area contributed by atoms with Gasteiger partial charge in [0.25, 0.3) is 0 Å². The lowest BCUT2D eigenvalue weighted by atomic mass is 10.1. The van der Waals surface area contributed by atoms with Gasteiger partial charge in [0.05, 0.1) is 18.7 Å². The number of carboxylic acid groups (broad SMARTS) is 1. The van der Waals surface area contributed by atoms with Crippen molar-refractivity contribution in [1.29, 1.82) is 0 Å². The predicted octanol–water partition coefficient (Wildman–Crippen LogP) is 1.53. The number of hydrogen-bond donors (Lipinski definition) is 1. The van der Waals surface area contributed by atoms with E-state index in [9.17, 15) is 4.79 Å². The van der Waals surface area contributed by atoms with Crippen molar-refractivity contribution in [1.82, 2.24) is 9.38 Å². The fourth-order valence-corrected chi connectivity index (χ4v) is 2.97. The monoisotopic (exact) mass is 252 g/mol. The Bertz CT molecular complexity index is 554. The first-order chi connectivity index (χ1) is 8.24. The van der Waals surface area contributed by atoms with Crippen molar-refractivity contribution in [3.8, 4) is 0 Å². The van der Waals surface area contributed by atoms with E-state index in [4.69, 9.17) is 9.84 Å². The van der Waals surface area contributed by atoms with Gasteiger partial charge in [0, 0.05) is 29.8 Å². The summed E-state index contributed by atoms with van der Waals surface area (Å²) < 4.78 is 7.22. The third-order valence-electron chi connectivity index (χ3n) is 2.98. The predicted molar refractivity (Wildman–Crippen MR) is 62.6 cm³/mol. The second-order valence-corrected chi connectivity index (χ2v) is 5.01. The summed E-state index contributed by atoms with van der Waals surface area (Å²) in [6.45, 7) is 1.51. The van der Waals surface area contributed by atoms with Crippen molar-refractivity contribution in [2.24, 2.45) is 0 Å². The maximum atomic E-state index is 10.7. The van der Waals surface area contributed by atoms with Crippen LogP contribution in [0.3, 0.4) is 0 Å². The highest BCUT2D eigenvalue weighted by atomic mass is 32.1. The van der Waals surface area contributed by atoms with Crippen molar-refractivity contribution in [3.63, 3.8) is 0 Å². The van der Waals surface area contributed by atoms with Crippen molar-refractivity contribution in [2.75, 3.05) is 13.2 Å². The Morgan fingerprint density at radius 2 is 2.59 bits per heavy atom. The third kappa shape index (κ3) is 1.94. The fourth-order valence-electron chi connectivity index (χ4n) is 2.09. The van der Waals surface area contributed by atoms with Gasteiger partial charge in [-0.1, -0.05) is 0 Å². The zero-order valence-corrected chi connectivity index (χ0v) is 9.94. The molecule has 1 fully saturated rings. The van der Waals surface area contributed by atoms with Crippen LogP contribution < -0.4 is 0 Å². The van der Waals surface area contributed by atoms with Gasteiger partial charge in [0.2, 0.25) is 0 Å². The van der Waals surface area contributed by atoms with E-state index in [0.717, 1.165) is 36.0 Å². The normalized spacial score (nSPS) is 20.1. The number of hydrogen-bond acceptors (Lipinski definition) is 4. The fraction of sp³-hybridized carbons (Fsp3) is 0.455. The van der Waals surface area contributed by atoms with Crippen LogP contribution in [0.25, 0.3) is 4.96 Å². The second kappa shape index (κ2) is 4.12. The van der Waals surface area contributed by atoms with Crippen LogP contribution >= 0.6 is 11.3 Å². The SMILES string of the molecule is O=C(O)Cc1csc2nc(C3CCOC3)cn12. The summed E-state index contributed by atoms with van der Waals surface area (Å²) in [6.07, 6.45) is 2.99. The van der Waals surface area contributed by atoms with Crippen LogP contribution in [0.2, 0.25) is 0 Å². The molecule has 2 aromatic heterocycles. The number of aromatic nitrogens is 2. The molecule has 1 N–H and O–H groups in total. The summed E-state index contributed by atoms with van der Waals surface area (Å²) >= 11 is 1.48. The van der Waals surface area contributed by atoms with Gasteiger partial charge in [-0.05, 0) is 6.42 Å². The molecule has 0 saturated carbocycles. The lowest BCUT2D eigenvalue weighted by Gasteiger charge is -2.00. The molecule has 1 saturated heterocycles. The minimum Gasteiger partial charge on any atom is -0.481 e. The molecule has 1 aliphatic heterocycles. The maximum absolute atomic E-state index is 10.7. The Morgan fingerprint density at radius 3 is 3.29 bits per heavy atom. The Hall–Kier alpha value is -1.40. The number of carboxylic acids is 1. The summed E-state index contributed by atoms with van der Waals surface area (Å²) in [5.41, 5.74) is 1.80. The Balaban J connectivity index is 1.95. The molecule has 0 aliphatic carbocycles. The molecule has 2 aromatic rings. The van der Waals surface area contributed by atoms with Crippen LogP contribution in [0.5, 0.6) is 0 Å². The average molecular weight is 252 g/mol. The van der Waals surface area contributed by atoms with E-state index in [1.807, 2.05) is 16.0 Å². The average Bonchev–Trinajstić information content (AvgIpc) is 2.93. The molecular formula is C11H12N2O3S. The molecule has 6 heteroatoms. The van der Waals surface area contributed by atoms with Crippen LogP contribution in [0.1, 0.15) is 23.7 Å². The molecule has 3 heterocycles. The van der Waals surface area contributed by atoms with Crippen LogP contribution in [0, 0.1) is 0 Å². The van der Waals surface area contributed by atoms with E-state index in [1.165, 1.54) is 11.3 Å². The highest BCUT2D eigenvalue weighted by Gasteiger charge is 2.21.